The van der Waals surface area contributed by atoms with E-state index in [-0.39, 0.29) is 11.4 Å². The van der Waals surface area contributed by atoms with Crippen molar-refractivity contribution in [1.82, 2.24) is 4.31 Å². The van der Waals surface area contributed by atoms with E-state index in [1.54, 1.807) is 13.0 Å². The monoisotopic (exact) mass is 367 g/mol. The van der Waals surface area contributed by atoms with E-state index in [2.05, 4.69) is 15.9 Å². The molecule has 1 saturated heterocycles. The fraction of sp³-hybridized carbons (Fsp3) is 0.545. The highest BCUT2D eigenvalue weighted by Crippen LogP contribution is 2.33. The number of hydrogen-bond donors (Lipinski definition) is 1. The Labute approximate surface area is 124 Å². The standard InChI is InChI=1S/C11H14BrNO4S2/c1-7-9(6-10(12)18-7)19(16,17)13-5-3-2-4-8(13)11(14)15/h6,8H,2-5H2,1H3,(H,14,15)/t8-/m0/s1. The summed E-state index contributed by atoms with van der Waals surface area (Å²) in [6, 6.07) is 0.597. The zero-order valence-corrected chi connectivity index (χ0v) is 13.5. The molecule has 2 rings (SSSR count). The largest absolute Gasteiger partial charge is 0.480 e. The molecular formula is C11H14BrNO4S2. The number of hydrogen-bond acceptors (Lipinski definition) is 4. The van der Waals surface area contributed by atoms with E-state index in [4.69, 9.17) is 0 Å². The number of aliphatic carboxylic acids is 1. The van der Waals surface area contributed by atoms with Gasteiger partial charge in [-0.25, -0.2) is 8.42 Å². The van der Waals surface area contributed by atoms with Gasteiger partial charge in [0, 0.05) is 11.4 Å². The molecule has 0 spiro atoms. The molecule has 1 aliphatic rings. The van der Waals surface area contributed by atoms with Gasteiger partial charge in [-0.15, -0.1) is 11.3 Å². The number of sulfonamides is 1. The summed E-state index contributed by atoms with van der Waals surface area (Å²) in [7, 11) is -3.73. The van der Waals surface area contributed by atoms with Gasteiger partial charge in [0.15, 0.2) is 0 Å². The minimum Gasteiger partial charge on any atom is -0.480 e. The molecule has 1 aromatic rings. The molecule has 5 nitrogen and oxygen atoms in total. The molecule has 1 fully saturated rings. The van der Waals surface area contributed by atoms with Crippen LogP contribution in [0.25, 0.3) is 0 Å². The number of piperidine rings is 1. The van der Waals surface area contributed by atoms with Crippen molar-refractivity contribution in [3.63, 3.8) is 0 Å². The Hall–Kier alpha value is -0.440. The lowest BCUT2D eigenvalue weighted by Gasteiger charge is -2.31. The third kappa shape index (κ3) is 2.86. The quantitative estimate of drug-likeness (QED) is 0.889. The number of carbonyl (C=O) groups is 1. The van der Waals surface area contributed by atoms with Crippen LogP contribution in [0.4, 0.5) is 0 Å². The maximum absolute atomic E-state index is 12.6. The number of carboxylic acid groups (broad SMARTS) is 1. The first-order chi connectivity index (χ1) is 8.84. The minimum absolute atomic E-state index is 0.206. The highest BCUT2D eigenvalue weighted by atomic mass is 79.9. The van der Waals surface area contributed by atoms with Crippen LogP contribution in [-0.4, -0.2) is 36.4 Å². The highest BCUT2D eigenvalue weighted by Gasteiger charge is 2.38. The highest BCUT2D eigenvalue weighted by molar-refractivity contribution is 9.11. The summed E-state index contributed by atoms with van der Waals surface area (Å²) >= 11 is 4.60. The maximum Gasteiger partial charge on any atom is 0.322 e. The molecule has 0 aromatic carbocycles. The molecule has 1 aliphatic heterocycles. The molecule has 1 N–H and O–H groups in total. The van der Waals surface area contributed by atoms with Gasteiger partial charge in [-0.05, 0) is 48.2 Å². The number of carboxylic acids is 1. The topological polar surface area (TPSA) is 74.7 Å². The second kappa shape index (κ2) is 5.51. The molecule has 1 aromatic heterocycles. The van der Waals surface area contributed by atoms with Gasteiger partial charge in [-0.1, -0.05) is 0 Å². The lowest BCUT2D eigenvalue weighted by molar-refractivity contribution is -0.142. The van der Waals surface area contributed by atoms with Crippen LogP contribution in [0, 0.1) is 6.92 Å². The summed E-state index contributed by atoms with van der Waals surface area (Å²) in [5.41, 5.74) is 0. The van der Waals surface area contributed by atoms with E-state index in [0.29, 0.717) is 17.7 Å². The van der Waals surface area contributed by atoms with E-state index in [9.17, 15) is 18.3 Å². The summed E-state index contributed by atoms with van der Waals surface area (Å²) in [6.07, 6.45) is 1.82. The third-order valence-electron chi connectivity index (χ3n) is 3.17. The number of aryl methyl sites for hydroxylation is 1. The van der Waals surface area contributed by atoms with Crippen molar-refractivity contribution in [1.29, 1.82) is 0 Å². The molecule has 106 valence electrons. The molecular weight excluding hydrogens is 354 g/mol. The minimum atomic E-state index is -3.73. The smallest absolute Gasteiger partial charge is 0.322 e. The van der Waals surface area contributed by atoms with Gasteiger partial charge < -0.3 is 5.11 Å². The Bertz CT molecular complexity index is 596. The fourth-order valence-corrected chi connectivity index (χ4v) is 6.29. The molecule has 0 saturated carbocycles. The SMILES string of the molecule is Cc1sc(Br)cc1S(=O)(=O)N1CCCC[C@H]1C(=O)O. The zero-order valence-electron chi connectivity index (χ0n) is 10.3. The molecule has 19 heavy (non-hydrogen) atoms. The average molecular weight is 368 g/mol. The lowest BCUT2D eigenvalue weighted by Crippen LogP contribution is -2.47. The van der Waals surface area contributed by atoms with Crippen LogP contribution in [0.3, 0.4) is 0 Å². The van der Waals surface area contributed by atoms with Gasteiger partial charge in [0.2, 0.25) is 10.0 Å². The average Bonchev–Trinajstić information content (AvgIpc) is 2.69. The summed E-state index contributed by atoms with van der Waals surface area (Å²) in [5, 5.41) is 9.18. The summed E-state index contributed by atoms with van der Waals surface area (Å²) in [4.78, 5) is 12.1. The van der Waals surface area contributed by atoms with Crippen LogP contribution in [-0.2, 0) is 14.8 Å². The summed E-state index contributed by atoms with van der Waals surface area (Å²) < 4.78 is 27.0. The van der Waals surface area contributed by atoms with E-state index >= 15 is 0 Å². The first-order valence-electron chi connectivity index (χ1n) is 5.84. The Morgan fingerprint density at radius 3 is 2.74 bits per heavy atom. The third-order valence-corrected chi connectivity index (χ3v) is 6.88. The molecule has 0 bridgehead atoms. The van der Waals surface area contributed by atoms with Gasteiger partial charge in [0.05, 0.1) is 8.68 Å². The van der Waals surface area contributed by atoms with Crippen LogP contribution >= 0.6 is 27.3 Å². The van der Waals surface area contributed by atoms with Crippen molar-refractivity contribution in [2.75, 3.05) is 6.54 Å². The van der Waals surface area contributed by atoms with Crippen LogP contribution in [0.2, 0.25) is 0 Å². The predicted molar refractivity (Wildman–Crippen MR) is 75.9 cm³/mol. The molecule has 2 heterocycles. The Morgan fingerprint density at radius 2 is 2.21 bits per heavy atom. The van der Waals surface area contributed by atoms with Crippen molar-refractivity contribution in [2.24, 2.45) is 0 Å². The van der Waals surface area contributed by atoms with Crippen LogP contribution in [0.5, 0.6) is 0 Å². The normalized spacial score (nSPS) is 21.5. The summed E-state index contributed by atoms with van der Waals surface area (Å²) in [6.45, 7) is 1.99. The second-order valence-electron chi connectivity index (χ2n) is 4.44. The molecule has 0 radical (unpaired) electrons. The van der Waals surface area contributed by atoms with Gasteiger partial charge in [0.25, 0.3) is 0 Å². The molecule has 1 atom stereocenters. The Balaban J connectivity index is 2.43. The predicted octanol–water partition coefficient (Wildman–Crippen LogP) is 2.45. The van der Waals surface area contributed by atoms with Crippen LogP contribution in [0.1, 0.15) is 24.1 Å². The number of rotatable bonds is 3. The van der Waals surface area contributed by atoms with E-state index in [0.717, 1.165) is 14.5 Å². The summed E-state index contributed by atoms with van der Waals surface area (Å²) in [5.74, 6) is -1.07. The van der Waals surface area contributed by atoms with Gasteiger partial charge in [-0.2, -0.15) is 4.31 Å². The first kappa shape index (κ1) is 15.0. The Kier molecular flexibility index (Phi) is 4.34. The second-order valence-corrected chi connectivity index (χ2v) is 8.93. The molecule has 0 aliphatic carbocycles. The lowest BCUT2D eigenvalue weighted by atomic mass is 10.1. The number of nitrogens with zero attached hydrogens (tertiary/aromatic N) is 1. The molecule has 8 heteroatoms. The van der Waals surface area contributed by atoms with E-state index in [1.165, 1.54) is 11.3 Å². The maximum atomic E-state index is 12.6. The van der Waals surface area contributed by atoms with Gasteiger partial charge in [0.1, 0.15) is 6.04 Å². The van der Waals surface area contributed by atoms with Crippen LogP contribution in [0.15, 0.2) is 14.7 Å². The fourth-order valence-electron chi connectivity index (χ4n) is 2.25. The van der Waals surface area contributed by atoms with Crippen LogP contribution < -0.4 is 0 Å². The number of thiophene rings is 1. The van der Waals surface area contributed by atoms with Crippen molar-refractivity contribution >= 4 is 43.3 Å². The Morgan fingerprint density at radius 1 is 1.53 bits per heavy atom. The molecule has 0 unspecified atom stereocenters. The van der Waals surface area contributed by atoms with Gasteiger partial charge >= 0.3 is 5.97 Å². The van der Waals surface area contributed by atoms with Crippen molar-refractivity contribution in [3.8, 4) is 0 Å². The van der Waals surface area contributed by atoms with Gasteiger partial charge in [-0.3, -0.25) is 4.79 Å². The first-order valence-corrected chi connectivity index (χ1v) is 8.89. The van der Waals surface area contributed by atoms with E-state index < -0.39 is 22.0 Å². The molecule has 0 amide bonds. The zero-order chi connectivity index (χ0) is 14.2. The van der Waals surface area contributed by atoms with Crippen molar-refractivity contribution in [3.05, 3.63) is 14.7 Å². The van der Waals surface area contributed by atoms with Crippen molar-refractivity contribution < 1.29 is 18.3 Å². The van der Waals surface area contributed by atoms with E-state index in [1.807, 2.05) is 0 Å². The number of halogens is 1. The van der Waals surface area contributed by atoms with Crippen molar-refractivity contribution in [2.45, 2.75) is 37.1 Å².